The fraction of sp³-hybridized carbons (Fsp3) is 0.0833. The van der Waals surface area contributed by atoms with Gasteiger partial charge in [-0.15, -0.1) is 0 Å². The molecular formula is C48H40N4O10S2. The summed E-state index contributed by atoms with van der Waals surface area (Å²) in [5.41, 5.74) is 5.15. The average Bonchev–Trinajstić information content (AvgIpc) is 3.95. The summed E-state index contributed by atoms with van der Waals surface area (Å²) in [6, 6.07) is 38.2. The van der Waals surface area contributed by atoms with Crippen LogP contribution in [0.4, 0.5) is 10.3 Å². The molecule has 0 spiro atoms. The summed E-state index contributed by atoms with van der Waals surface area (Å²) < 4.78 is 21.4. The van der Waals surface area contributed by atoms with Crippen molar-refractivity contribution < 1.29 is 49.0 Å². The van der Waals surface area contributed by atoms with Crippen molar-refractivity contribution in [2.75, 3.05) is 39.1 Å². The molecule has 0 atom stereocenters. The highest BCUT2D eigenvalue weighted by Gasteiger charge is 2.21. The molecule has 0 aliphatic rings. The van der Waals surface area contributed by atoms with E-state index in [-0.39, 0.29) is 28.7 Å². The first-order chi connectivity index (χ1) is 31.0. The highest BCUT2D eigenvalue weighted by molar-refractivity contribution is 7.20. The topological polar surface area (TPSA) is 202 Å². The third-order valence-corrected chi connectivity index (χ3v) is 11.6. The van der Waals surface area contributed by atoms with Gasteiger partial charge >= 0.3 is 0 Å². The molecule has 8 rings (SSSR count). The van der Waals surface area contributed by atoms with Crippen molar-refractivity contribution in [2.24, 2.45) is 0 Å². The van der Waals surface area contributed by atoms with Gasteiger partial charge in [0.1, 0.15) is 0 Å². The molecule has 0 aliphatic heterocycles. The van der Waals surface area contributed by atoms with Gasteiger partial charge in [0, 0.05) is 22.3 Å². The molecule has 2 amide bonds. The Morgan fingerprint density at radius 3 is 1.33 bits per heavy atom. The summed E-state index contributed by atoms with van der Waals surface area (Å²) in [5.74, 6) is 0.231. The van der Waals surface area contributed by atoms with Gasteiger partial charge in [-0.1, -0.05) is 83.3 Å². The van der Waals surface area contributed by atoms with Crippen LogP contribution in [-0.4, -0.2) is 70.6 Å². The number of aromatic nitrogens is 2. The molecule has 0 radical (unpaired) electrons. The van der Waals surface area contributed by atoms with Crippen LogP contribution in [0.25, 0.3) is 43.4 Å². The van der Waals surface area contributed by atoms with E-state index in [4.69, 9.17) is 23.9 Å². The van der Waals surface area contributed by atoms with Crippen LogP contribution < -0.4 is 29.6 Å². The molecule has 64 heavy (non-hydrogen) atoms. The Bertz CT molecular complexity index is 2940. The molecule has 6 N–H and O–H groups in total. The first-order valence-corrected chi connectivity index (χ1v) is 20.9. The van der Waals surface area contributed by atoms with Crippen molar-refractivity contribution in [1.82, 2.24) is 9.97 Å². The molecule has 0 saturated carbocycles. The molecule has 324 valence electrons. The van der Waals surface area contributed by atoms with Crippen molar-refractivity contribution in [2.45, 2.75) is 0 Å². The molecule has 0 bridgehead atoms. The molecule has 2 heterocycles. The monoisotopic (exact) mass is 896 g/mol. The number of phenols is 4. The number of hydrogen-bond acceptors (Lipinski definition) is 14. The van der Waals surface area contributed by atoms with Gasteiger partial charge in [-0.05, 0) is 83.9 Å². The fourth-order valence-corrected chi connectivity index (χ4v) is 8.32. The molecule has 14 nitrogen and oxygen atoms in total. The Labute approximate surface area is 375 Å². The summed E-state index contributed by atoms with van der Waals surface area (Å²) in [5, 5.41) is 44.9. The summed E-state index contributed by atoms with van der Waals surface area (Å²) in [6.45, 7) is 0. The number of hydrogen-bond donors (Lipinski definition) is 6. The van der Waals surface area contributed by atoms with Gasteiger partial charge in [0.2, 0.25) is 0 Å². The van der Waals surface area contributed by atoms with Crippen molar-refractivity contribution in [3.8, 4) is 89.4 Å². The molecule has 0 saturated heterocycles. The number of aromatic hydroxyl groups is 4. The van der Waals surface area contributed by atoms with E-state index in [1.54, 1.807) is 45.6 Å². The second-order valence-electron chi connectivity index (χ2n) is 13.6. The molecule has 0 unspecified atom stereocenters. The van der Waals surface area contributed by atoms with E-state index >= 15 is 0 Å². The third-order valence-electron chi connectivity index (χ3n) is 9.56. The van der Waals surface area contributed by atoms with Gasteiger partial charge in [0.25, 0.3) is 11.8 Å². The molecule has 0 aliphatic carbocycles. The summed E-state index contributed by atoms with van der Waals surface area (Å²) >= 11 is 2.65. The zero-order valence-electron chi connectivity index (χ0n) is 34.7. The number of carbonyl (C=O) groups is 2. The predicted octanol–water partition coefficient (Wildman–Crippen LogP) is 10.3. The van der Waals surface area contributed by atoms with Gasteiger partial charge in [-0.2, -0.15) is 0 Å². The molecule has 8 aromatic rings. The number of anilines is 2. The number of methoxy groups -OCH3 is 4. The van der Waals surface area contributed by atoms with Crippen LogP contribution in [0.5, 0.6) is 46.0 Å². The van der Waals surface area contributed by atoms with E-state index in [1.165, 1.54) is 54.0 Å². The minimum absolute atomic E-state index is 0.158. The summed E-state index contributed by atoms with van der Waals surface area (Å²) in [4.78, 5) is 36.5. The number of nitrogens with zero attached hydrogens (tertiary/aromatic N) is 2. The second-order valence-corrected chi connectivity index (χ2v) is 15.6. The van der Waals surface area contributed by atoms with Gasteiger partial charge in [0.05, 0.1) is 49.6 Å². The zero-order chi connectivity index (χ0) is 45.3. The lowest BCUT2D eigenvalue weighted by molar-refractivity contribution is 0.101. The van der Waals surface area contributed by atoms with Crippen LogP contribution in [0.15, 0.2) is 133 Å². The van der Waals surface area contributed by atoms with Gasteiger partial charge in [0.15, 0.2) is 56.3 Å². The van der Waals surface area contributed by atoms with Gasteiger partial charge in [-0.25, -0.2) is 9.97 Å². The first kappa shape index (κ1) is 44.0. The van der Waals surface area contributed by atoms with Crippen molar-refractivity contribution in [3.05, 3.63) is 145 Å². The highest BCUT2D eigenvalue weighted by atomic mass is 32.1. The number of ether oxygens (including phenoxy) is 4. The third kappa shape index (κ3) is 9.83. The summed E-state index contributed by atoms with van der Waals surface area (Å²) in [7, 11) is 6.27. The second kappa shape index (κ2) is 19.7. The maximum Gasteiger partial charge on any atom is 0.257 e. The lowest BCUT2D eigenvalue weighted by atomic mass is 10.1. The maximum absolute atomic E-state index is 13.0. The maximum atomic E-state index is 13.0. The van der Waals surface area contributed by atoms with Crippen molar-refractivity contribution >= 4 is 44.8 Å². The number of nitrogens with one attached hydrogen (secondary N) is 2. The van der Waals surface area contributed by atoms with Crippen molar-refractivity contribution in [3.63, 3.8) is 0 Å². The van der Waals surface area contributed by atoms with E-state index in [0.29, 0.717) is 50.1 Å². The number of phenolic OH excluding ortho intramolecular Hbond substituents is 4. The Balaban J connectivity index is 0.000000193. The van der Waals surface area contributed by atoms with E-state index in [9.17, 15) is 30.0 Å². The minimum Gasteiger partial charge on any atom is -0.504 e. The lowest BCUT2D eigenvalue weighted by Gasteiger charge is -2.09. The molecular weight excluding hydrogens is 857 g/mol. The number of benzene rings is 6. The van der Waals surface area contributed by atoms with Crippen LogP contribution in [0, 0.1) is 0 Å². The number of amides is 2. The number of rotatable bonds is 12. The van der Waals surface area contributed by atoms with Crippen molar-refractivity contribution in [1.29, 1.82) is 0 Å². The van der Waals surface area contributed by atoms with Crippen LogP contribution in [0.2, 0.25) is 0 Å². The minimum atomic E-state index is -0.501. The average molecular weight is 897 g/mol. The van der Waals surface area contributed by atoms with Gasteiger partial charge in [-0.3, -0.25) is 20.2 Å². The van der Waals surface area contributed by atoms with E-state index < -0.39 is 11.7 Å². The van der Waals surface area contributed by atoms with E-state index in [2.05, 4.69) is 15.6 Å². The van der Waals surface area contributed by atoms with Crippen LogP contribution >= 0.6 is 22.7 Å². The Morgan fingerprint density at radius 2 is 0.844 bits per heavy atom. The lowest BCUT2D eigenvalue weighted by Crippen LogP contribution is -2.12. The Hall–Kier alpha value is -8.08. The number of thiazole rings is 2. The molecule has 16 heteroatoms. The number of carbonyl (C=O) groups excluding carboxylic acids is 2. The quantitative estimate of drug-likeness (QED) is 0.0635. The van der Waals surface area contributed by atoms with Crippen LogP contribution in [-0.2, 0) is 0 Å². The normalized spacial score (nSPS) is 10.6. The first-order valence-electron chi connectivity index (χ1n) is 19.2. The van der Waals surface area contributed by atoms with E-state index in [0.717, 1.165) is 38.2 Å². The van der Waals surface area contributed by atoms with Crippen LogP contribution in [0.3, 0.4) is 0 Å². The zero-order valence-corrected chi connectivity index (χ0v) is 36.3. The molecule has 2 aromatic heterocycles. The smallest absolute Gasteiger partial charge is 0.257 e. The SMILES string of the molecule is COc1ccc(C(=O)Nc2nc(-c3ccc(OC)c(OC)c3)c(-c3ccccc3)s2)cc1OC.O=C(Nc1nc(-c2ccc(O)c(O)c2)c(-c2ccccc2)s1)c1ccc(O)c(O)c1. The molecule has 6 aromatic carbocycles. The van der Waals surface area contributed by atoms with E-state index in [1.807, 2.05) is 78.9 Å². The predicted molar refractivity (Wildman–Crippen MR) is 248 cm³/mol. The standard InChI is InChI=1S/C26H24N2O5S.C22H16N2O5S/c1-30-19-12-10-17(14-21(19)32-3)23-24(16-8-6-5-7-9-16)34-26(27-23)28-25(29)18-11-13-20(31-2)22(15-18)33-4;25-15-8-6-13(10-17(15)27)19-20(12-4-2-1-3-5-12)30-22(23-19)24-21(29)14-7-9-16(26)18(28)11-14/h5-15H,1-4H3,(H,27,28,29);1-11,25-28H,(H,23,24,29). The van der Waals surface area contributed by atoms with Gasteiger partial charge < -0.3 is 39.4 Å². The Morgan fingerprint density at radius 1 is 0.438 bits per heavy atom. The fourth-order valence-electron chi connectivity index (χ4n) is 6.34. The Kier molecular flexibility index (Phi) is 13.6. The highest BCUT2D eigenvalue weighted by Crippen LogP contribution is 2.43. The molecule has 0 fully saturated rings. The van der Waals surface area contributed by atoms with Crippen LogP contribution in [0.1, 0.15) is 20.7 Å². The summed E-state index contributed by atoms with van der Waals surface area (Å²) in [6.07, 6.45) is 0. The largest absolute Gasteiger partial charge is 0.504 e.